The van der Waals surface area contributed by atoms with E-state index in [1.807, 2.05) is 0 Å². The van der Waals surface area contributed by atoms with E-state index >= 15 is 0 Å². The lowest BCUT2D eigenvalue weighted by Gasteiger charge is -2.21. The first-order valence-electron chi connectivity index (χ1n) is 10.0. The average molecular weight is 423 g/mol. The second-order valence-corrected chi connectivity index (χ2v) is 7.12. The van der Waals surface area contributed by atoms with Gasteiger partial charge in [0.05, 0.1) is 23.2 Å². The number of hydrogen-bond acceptors (Lipinski definition) is 5. The second kappa shape index (κ2) is 9.53. The first-order valence-corrected chi connectivity index (χ1v) is 10.0. The van der Waals surface area contributed by atoms with E-state index in [9.17, 15) is 19.2 Å². The molecular weight excluding hydrogens is 398 g/mol. The highest BCUT2D eigenvalue weighted by Gasteiger charge is 2.25. The van der Waals surface area contributed by atoms with Crippen LogP contribution in [-0.2, 0) is 9.53 Å². The minimum absolute atomic E-state index is 0.181. The number of aromatic nitrogens is 2. The zero-order valence-corrected chi connectivity index (χ0v) is 17.8. The number of benzene rings is 2. The molecule has 31 heavy (non-hydrogen) atoms. The number of rotatable bonds is 8. The third-order valence-corrected chi connectivity index (χ3v) is 5.11. The Morgan fingerprint density at radius 1 is 1.10 bits per heavy atom. The molecule has 2 aromatic carbocycles. The molecule has 3 rings (SSSR count). The molecule has 0 spiro atoms. The van der Waals surface area contributed by atoms with Gasteiger partial charge < -0.3 is 10.1 Å². The number of ether oxygens (including phenoxy) is 1. The Bertz CT molecular complexity index is 1240. The van der Waals surface area contributed by atoms with Crippen LogP contribution in [0.25, 0.3) is 16.6 Å². The zero-order valence-electron chi connectivity index (χ0n) is 17.8. The van der Waals surface area contributed by atoms with Crippen molar-refractivity contribution in [3.8, 4) is 5.69 Å². The number of ketones is 1. The van der Waals surface area contributed by atoms with Crippen LogP contribution in [0.4, 0.5) is 0 Å². The molecule has 0 saturated heterocycles. The molecular formula is C23H25N3O5. The molecule has 0 aliphatic rings. The lowest BCUT2D eigenvalue weighted by atomic mass is 10.1. The number of fused-ring (bicyclic) bond motifs is 1. The topological polar surface area (TPSA) is 99.4 Å². The van der Waals surface area contributed by atoms with Gasteiger partial charge in [0.1, 0.15) is 6.04 Å². The van der Waals surface area contributed by atoms with E-state index in [1.54, 1.807) is 49.4 Å². The van der Waals surface area contributed by atoms with E-state index in [0.717, 1.165) is 4.57 Å². The molecule has 1 unspecified atom stereocenters. The Labute approximate surface area is 179 Å². The van der Waals surface area contributed by atoms with Crippen LogP contribution < -0.4 is 16.6 Å². The summed E-state index contributed by atoms with van der Waals surface area (Å²) in [6.07, 6.45) is 0.342. The van der Waals surface area contributed by atoms with Gasteiger partial charge in [0, 0.05) is 19.2 Å². The lowest BCUT2D eigenvalue weighted by molar-refractivity contribution is -0.124. The number of carbonyl (C=O) groups is 2. The Kier molecular flexibility index (Phi) is 6.81. The molecule has 1 aromatic heterocycles. The molecule has 162 valence electrons. The minimum atomic E-state index is -0.822. The van der Waals surface area contributed by atoms with Crippen LogP contribution in [0.15, 0.2) is 58.1 Å². The fourth-order valence-electron chi connectivity index (χ4n) is 3.55. The molecule has 1 amide bonds. The minimum Gasteiger partial charge on any atom is -0.383 e. The van der Waals surface area contributed by atoms with Crippen LogP contribution in [0, 0.1) is 0 Å². The van der Waals surface area contributed by atoms with Gasteiger partial charge >= 0.3 is 5.69 Å². The number of para-hydroxylation sites is 1. The summed E-state index contributed by atoms with van der Waals surface area (Å²) >= 11 is 0. The van der Waals surface area contributed by atoms with E-state index < -0.39 is 17.3 Å². The van der Waals surface area contributed by atoms with Crippen molar-refractivity contribution in [2.75, 3.05) is 20.3 Å². The average Bonchev–Trinajstić information content (AvgIpc) is 2.77. The summed E-state index contributed by atoms with van der Waals surface area (Å²) in [5.41, 5.74) is -0.111. The van der Waals surface area contributed by atoms with Crippen molar-refractivity contribution in [1.82, 2.24) is 14.5 Å². The molecule has 0 aliphatic carbocycles. The van der Waals surface area contributed by atoms with Crippen molar-refractivity contribution >= 4 is 22.6 Å². The van der Waals surface area contributed by atoms with Crippen molar-refractivity contribution in [3.05, 3.63) is 74.9 Å². The smallest absolute Gasteiger partial charge is 0.336 e. The van der Waals surface area contributed by atoms with Gasteiger partial charge in [-0.05, 0) is 37.6 Å². The summed E-state index contributed by atoms with van der Waals surface area (Å²) in [4.78, 5) is 51.5. The molecule has 0 radical (unpaired) electrons. The summed E-state index contributed by atoms with van der Waals surface area (Å²) in [5.74, 6) is -0.519. The predicted octanol–water partition coefficient (Wildman–Crippen LogP) is 2.07. The molecule has 1 heterocycles. The van der Waals surface area contributed by atoms with Crippen molar-refractivity contribution in [3.63, 3.8) is 0 Å². The monoisotopic (exact) mass is 423 g/mol. The van der Waals surface area contributed by atoms with Gasteiger partial charge in [-0.3, -0.25) is 19.0 Å². The van der Waals surface area contributed by atoms with Gasteiger partial charge in [0.25, 0.3) is 5.56 Å². The first kappa shape index (κ1) is 22.2. The first-order chi connectivity index (χ1) is 14.9. The molecule has 0 aliphatic heterocycles. The van der Waals surface area contributed by atoms with Crippen LogP contribution in [0.3, 0.4) is 0 Å². The maximum absolute atomic E-state index is 13.6. The fourth-order valence-corrected chi connectivity index (χ4v) is 3.55. The SMILES string of the molecule is CCC(C(=O)NCCOC)n1c(=O)n(-c2cccc(C(C)=O)c2)c(=O)c2ccccc21. The highest BCUT2D eigenvalue weighted by molar-refractivity contribution is 5.94. The number of Topliss-reactive ketones (excluding diaryl/α,β-unsaturated/α-hetero) is 1. The molecule has 8 heteroatoms. The number of amides is 1. The molecule has 3 aromatic rings. The maximum atomic E-state index is 13.6. The van der Waals surface area contributed by atoms with Crippen LogP contribution >= 0.6 is 0 Å². The van der Waals surface area contributed by atoms with Crippen molar-refractivity contribution in [1.29, 1.82) is 0 Å². The fraction of sp³-hybridized carbons (Fsp3) is 0.304. The van der Waals surface area contributed by atoms with E-state index in [0.29, 0.717) is 36.0 Å². The van der Waals surface area contributed by atoms with Crippen molar-refractivity contribution in [2.45, 2.75) is 26.3 Å². The van der Waals surface area contributed by atoms with Gasteiger partial charge in [-0.1, -0.05) is 31.2 Å². The number of nitrogens with zero attached hydrogens (tertiary/aromatic N) is 2. The van der Waals surface area contributed by atoms with Crippen LogP contribution in [0.2, 0.25) is 0 Å². The predicted molar refractivity (Wildman–Crippen MR) is 118 cm³/mol. The highest BCUT2D eigenvalue weighted by atomic mass is 16.5. The molecule has 1 atom stereocenters. The van der Waals surface area contributed by atoms with Crippen molar-refractivity contribution in [2.24, 2.45) is 0 Å². The van der Waals surface area contributed by atoms with E-state index in [4.69, 9.17) is 4.74 Å². The van der Waals surface area contributed by atoms with Gasteiger partial charge in [-0.15, -0.1) is 0 Å². The molecule has 0 bridgehead atoms. The second-order valence-electron chi connectivity index (χ2n) is 7.12. The summed E-state index contributed by atoms with van der Waals surface area (Å²) in [5, 5.41) is 3.07. The van der Waals surface area contributed by atoms with Crippen LogP contribution in [0.5, 0.6) is 0 Å². The molecule has 8 nitrogen and oxygen atoms in total. The number of carbonyl (C=O) groups excluding carboxylic acids is 2. The molecule has 0 fully saturated rings. The van der Waals surface area contributed by atoms with E-state index in [-0.39, 0.29) is 17.4 Å². The number of nitrogens with one attached hydrogen (secondary N) is 1. The van der Waals surface area contributed by atoms with Crippen LogP contribution in [0.1, 0.15) is 36.7 Å². The van der Waals surface area contributed by atoms with Crippen molar-refractivity contribution < 1.29 is 14.3 Å². The van der Waals surface area contributed by atoms with Gasteiger partial charge in [0.15, 0.2) is 5.78 Å². The Morgan fingerprint density at radius 2 is 1.84 bits per heavy atom. The largest absolute Gasteiger partial charge is 0.383 e. The third-order valence-electron chi connectivity index (χ3n) is 5.11. The summed E-state index contributed by atoms with van der Waals surface area (Å²) < 4.78 is 7.33. The lowest BCUT2D eigenvalue weighted by Crippen LogP contribution is -2.44. The van der Waals surface area contributed by atoms with Gasteiger partial charge in [0.2, 0.25) is 5.91 Å². The quantitative estimate of drug-likeness (QED) is 0.442. The van der Waals surface area contributed by atoms with Gasteiger partial charge in [-0.2, -0.15) is 0 Å². The van der Waals surface area contributed by atoms with E-state index in [1.165, 1.54) is 24.7 Å². The normalized spacial score (nSPS) is 12.0. The standard InChI is InChI=1S/C23H25N3O5/c1-4-19(21(28)24-12-13-31-3)26-20-11-6-5-10-18(20)22(29)25(23(26)30)17-9-7-8-16(14-17)15(2)27/h5-11,14,19H,4,12-13H2,1-3H3,(H,24,28). The molecule has 1 N–H and O–H groups in total. The third kappa shape index (κ3) is 4.34. The molecule has 0 saturated carbocycles. The zero-order chi connectivity index (χ0) is 22.5. The van der Waals surface area contributed by atoms with E-state index in [2.05, 4.69) is 5.32 Å². The number of methoxy groups -OCH3 is 1. The highest BCUT2D eigenvalue weighted by Crippen LogP contribution is 2.18. The van der Waals surface area contributed by atoms with Gasteiger partial charge in [-0.25, -0.2) is 9.36 Å². The summed E-state index contributed by atoms with van der Waals surface area (Å²) in [6, 6.07) is 12.2. The Morgan fingerprint density at radius 3 is 2.52 bits per heavy atom. The summed E-state index contributed by atoms with van der Waals surface area (Å²) in [7, 11) is 1.53. The Hall–Kier alpha value is -3.52. The van der Waals surface area contributed by atoms with Crippen LogP contribution in [-0.4, -0.2) is 41.1 Å². The summed E-state index contributed by atoms with van der Waals surface area (Å²) in [6.45, 7) is 3.86. The maximum Gasteiger partial charge on any atom is 0.336 e. The number of hydrogen-bond donors (Lipinski definition) is 1. The Balaban J connectivity index is 2.28.